The van der Waals surface area contributed by atoms with E-state index in [-0.39, 0.29) is 17.9 Å². The van der Waals surface area contributed by atoms with E-state index in [0.717, 1.165) is 6.42 Å². The molecule has 4 nitrogen and oxygen atoms in total. The molecule has 24 heavy (non-hydrogen) atoms. The number of carboxylic acid groups (broad SMARTS) is 1. The molecule has 0 bridgehead atoms. The number of aliphatic carboxylic acids is 1. The fourth-order valence-electron chi connectivity index (χ4n) is 3.81. The zero-order chi connectivity index (χ0) is 18.1. The van der Waals surface area contributed by atoms with Gasteiger partial charge in [-0.25, -0.2) is 0 Å². The van der Waals surface area contributed by atoms with Gasteiger partial charge in [-0.2, -0.15) is 0 Å². The van der Waals surface area contributed by atoms with Crippen molar-refractivity contribution in [2.45, 2.75) is 59.9 Å². The molecule has 1 aliphatic rings. The number of aryl methyl sites for hydroxylation is 1. The fourth-order valence-corrected chi connectivity index (χ4v) is 3.81. The van der Waals surface area contributed by atoms with Crippen LogP contribution in [0.3, 0.4) is 0 Å². The van der Waals surface area contributed by atoms with Gasteiger partial charge in [-0.05, 0) is 51.0 Å². The van der Waals surface area contributed by atoms with Crippen LogP contribution in [0.25, 0.3) is 0 Å². The largest absolute Gasteiger partial charge is 0.481 e. The molecule has 132 valence electrons. The van der Waals surface area contributed by atoms with Gasteiger partial charge < -0.3 is 10.4 Å². The first-order chi connectivity index (χ1) is 11.1. The average Bonchev–Trinajstić information content (AvgIpc) is 2.73. The average molecular weight is 331 g/mol. The zero-order valence-electron chi connectivity index (χ0n) is 15.3. The van der Waals surface area contributed by atoms with Gasteiger partial charge in [-0.3, -0.25) is 9.59 Å². The van der Waals surface area contributed by atoms with Crippen LogP contribution in [0.5, 0.6) is 0 Å². The number of carbonyl (C=O) groups excluding carboxylic acids is 1. The third-order valence-corrected chi connectivity index (χ3v) is 6.07. The maximum absolute atomic E-state index is 12.7. The maximum atomic E-state index is 12.7. The van der Waals surface area contributed by atoms with Gasteiger partial charge >= 0.3 is 5.97 Å². The van der Waals surface area contributed by atoms with E-state index in [1.165, 1.54) is 11.1 Å². The quantitative estimate of drug-likeness (QED) is 0.867. The lowest BCUT2D eigenvalue weighted by Crippen LogP contribution is -2.47. The van der Waals surface area contributed by atoms with Crippen molar-refractivity contribution >= 4 is 11.9 Å². The third-order valence-electron chi connectivity index (χ3n) is 6.07. The molecule has 0 radical (unpaired) electrons. The molecule has 3 atom stereocenters. The summed E-state index contributed by atoms with van der Waals surface area (Å²) in [4.78, 5) is 24.4. The highest BCUT2D eigenvalue weighted by molar-refractivity contribution is 5.84. The van der Waals surface area contributed by atoms with Gasteiger partial charge in [0.15, 0.2) is 0 Å². The molecule has 1 aliphatic carbocycles. The van der Waals surface area contributed by atoms with E-state index in [9.17, 15) is 14.7 Å². The van der Waals surface area contributed by atoms with Crippen molar-refractivity contribution in [3.8, 4) is 0 Å². The molecular weight excluding hydrogens is 302 g/mol. The second-order valence-electron chi connectivity index (χ2n) is 8.05. The van der Waals surface area contributed by atoms with Crippen LogP contribution in [0, 0.1) is 23.7 Å². The summed E-state index contributed by atoms with van der Waals surface area (Å²) >= 11 is 0. The van der Waals surface area contributed by atoms with E-state index in [1.807, 2.05) is 20.8 Å². The second-order valence-corrected chi connectivity index (χ2v) is 8.05. The van der Waals surface area contributed by atoms with E-state index < -0.39 is 16.8 Å². The summed E-state index contributed by atoms with van der Waals surface area (Å²) in [5, 5.41) is 12.7. The maximum Gasteiger partial charge on any atom is 0.309 e. The van der Waals surface area contributed by atoms with Gasteiger partial charge in [-0.1, -0.05) is 43.7 Å². The Morgan fingerprint density at radius 2 is 1.83 bits per heavy atom. The van der Waals surface area contributed by atoms with E-state index in [2.05, 4.69) is 36.5 Å². The van der Waals surface area contributed by atoms with Crippen LogP contribution in [0.4, 0.5) is 0 Å². The summed E-state index contributed by atoms with van der Waals surface area (Å²) in [6.45, 7) is 9.62. The Labute approximate surface area is 144 Å². The smallest absolute Gasteiger partial charge is 0.309 e. The third kappa shape index (κ3) is 3.33. The second kappa shape index (κ2) is 6.58. The molecule has 1 aromatic carbocycles. The van der Waals surface area contributed by atoms with E-state index in [1.54, 1.807) is 6.92 Å². The van der Waals surface area contributed by atoms with E-state index >= 15 is 0 Å². The highest BCUT2D eigenvalue weighted by atomic mass is 16.4. The monoisotopic (exact) mass is 331 g/mol. The molecule has 1 fully saturated rings. The van der Waals surface area contributed by atoms with Gasteiger partial charge in [0, 0.05) is 12.0 Å². The summed E-state index contributed by atoms with van der Waals surface area (Å²) < 4.78 is 0. The van der Waals surface area contributed by atoms with Crippen LogP contribution in [0.2, 0.25) is 0 Å². The highest BCUT2D eigenvalue weighted by Crippen LogP contribution is 2.56. The fraction of sp³-hybridized carbons (Fsp3) is 0.600. The first kappa shape index (κ1) is 18.5. The standard InChI is InChI=1S/C20H29NO3/c1-13-6-8-15(9-7-13)12-14(2)21-17(22)16-10-11-20(5,18(23)24)19(16,3)4/h6-9,14,16H,10-12H2,1-5H3,(H,21,22)(H,23,24)/t14-,16-,20+/m1/s1. The minimum atomic E-state index is -0.852. The molecular formula is C20H29NO3. The zero-order valence-corrected chi connectivity index (χ0v) is 15.3. The van der Waals surface area contributed by atoms with Gasteiger partial charge in [-0.15, -0.1) is 0 Å². The SMILES string of the molecule is Cc1ccc(C[C@@H](C)NC(=O)[C@H]2CC[C@@](C)(C(=O)O)C2(C)C)cc1. The Balaban J connectivity index is 2.02. The first-order valence-corrected chi connectivity index (χ1v) is 8.67. The topological polar surface area (TPSA) is 66.4 Å². The van der Waals surface area contributed by atoms with Crippen molar-refractivity contribution in [3.05, 3.63) is 35.4 Å². The van der Waals surface area contributed by atoms with Crippen molar-refractivity contribution in [2.75, 3.05) is 0 Å². The summed E-state index contributed by atoms with van der Waals surface area (Å²) in [5.41, 5.74) is 0.993. The molecule has 0 unspecified atom stereocenters. The molecule has 0 aliphatic heterocycles. The lowest BCUT2D eigenvalue weighted by Gasteiger charge is -2.38. The lowest BCUT2D eigenvalue weighted by atomic mass is 9.65. The molecule has 0 heterocycles. The number of amides is 1. The molecule has 0 spiro atoms. The first-order valence-electron chi connectivity index (χ1n) is 8.67. The van der Waals surface area contributed by atoms with E-state index in [0.29, 0.717) is 12.8 Å². The summed E-state index contributed by atoms with van der Waals surface area (Å²) in [6.07, 6.45) is 1.94. The van der Waals surface area contributed by atoms with E-state index in [4.69, 9.17) is 0 Å². The molecule has 1 saturated carbocycles. The summed E-state index contributed by atoms with van der Waals surface area (Å²) in [7, 11) is 0. The molecule has 1 amide bonds. The molecule has 0 saturated heterocycles. The van der Waals surface area contributed by atoms with Crippen LogP contribution in [-0.4, -0.2) is 23.0 Å². The number of hydrogen-bond donors (Lipinski definition) is 2. The lowest BCUT2D eigenvalue weighted by molar-refractivity contribution is -0.155. The molecule has 2 N–H and O–H groups in total. The van der Waals surface area contributed by atoms with Crippen molar-refractivity contribution in [2.24, 2.45) is 16.7 Å². The predicted octanol–water partition coefficient (Wildman–Crippen LogP) is 3.57. The summed E-state index contributed by atoms with van der Waals surface area (Å²) in [6, 6.07) is 8.33. The molecule has 2 rings (SSSR count). The number of rotatable bonds is 5. The minimum Gasteiger partial charge on any atom is -0.481 e. The van der Waals surface area contributed by atoms with Crippen molar-refractivity contribution in [1.29, 1.82) is 0 Å². The van der Waals surface area contributed by atoms with Gasteiger partial charge in [0.05, 0.1) is 5.41 Å². The van der Waals surface area contributed by atoms with Crippen LogP contribution < -0.4 is 5.32 Å². The van der Waals surface area contributed by atoms with Crippen molar-refractivity contribution in [1.82, 2.24) is 5.32 Å². The number of carbonyl (C=O) groups is 2. The Kier molecular flexibility index (Phi) is 5.07. The van der Waals surface area contributed by atoms with Crippen LogP contribution in [-0.2, 0) is 16.0 Å². The van der Waals surface area contributed by atoms with Crippen LogP contribution >= 0.6 is 0 Å². The Morgan fingerprint density at radius 1 is 1.25 bits per heavy atom. The Hall–Kier alpha value is -1.84. The predicted molar refractivity (Wildman–Crippen MR) is 94.7 cm³/mol. The van der Waals surface area contributed by atoms with Gasteiger partial charge in [0.1, 0.15) is 0 Å². The number of carboxylic acids is 1. The van der Waals surface area contributed by atoms with Crippen molar-refractivity contribution < 1.29 is 14.7 Å². The van der Waals surface area contributed by atoms with Crippen LogP contribution in [0.1, 0.15) is 51.7 Å². The normalized spacial score (nSPS) is 26.8. The number of nitrogens with one attached hydrogen (secondary N) is 1. The Bertz CT molecular complexity index is 620. The number of hydrogen-bond acceptors (Lipinski definition) is 2. The Morgan fingerprint density at radius 3 is 2.33 bits per heavy atom. The number of benzene rings is 1. The van der Waals surface area contributed by atoms with Crippen LogP contribution in [0.15, 0.2) is 24.3 Å². The molecule has 1 aromatic rings. The highest BCUT2D eigenvalue weighted by Gasteiger charge is 2.58. The van der Waals surface area contributed by atoms with Gasteiger partial charge in [0.2, 0.25) is 5.91 Å². The molecule has 0 aromatic heterocycles. The van der Waals surface area contributed by atoms with Crippen molar-refractivity contribution in [3.63, 3.8) is 0 Å². The molecule has 4 heteroatoms. The minimum absolute atomic E-state index is 0.0210. The summed E-state index contributed by atoms with van der Waals surface area (Å²) in [5.74, 6) is -1.10. The van der Waals surface area contributed by atoms with Gasteiger partial charge in [0.25, 0.3) is 0 Å².